The summed E-state index contributed by atoms with van der Waals surface area (Å²) >= 11 is 0. The van der Waals surface area contributed by atoms with Crippen molar-refractivity contribution in [3.05, 3.63) is 24.0 Å². The van der Waals surface area contributed by atoms with Crippen LogP contribution in [0.15, 0.2) is 18.2 Å². The lowest BCUT2D eigenvalue weighted by Crippen LogP contribution is -2.42. The van der Waals surface area contributed by atoms with Crippen LogP contribution in [0.4, 0.5) is 29.3 Å². The van der Waals surface area contributed by atoms with Crippen molar-refractivity contribution in [2.24, 2.45) is 0 Å². The van der Waals surface area contributed by atoms with Gasteiger partial charge in [0.1, 0.15) is 11.9 Å². The number of benzene rings is 1. The molecule has 1 aromatic carbocycles. The minimum Gasteiger partial charge on any atom is -0.442 e. The lowest BCUT2D eigenvalue weighted by molar-refractivity contribution is -0.132. The van der Waals surface area contributed by atoms with Crippen molar-refractivity contribution >= 4 is 33.4 Å². The van der Waals surface area contributed by atoms with Crippen LogP contribution < -0.4 is 20.5 Å². The number of rotatable bonds is 6. The van der Waals surface area contributed by atoms with Crippen molar-refractivity contribution in [2.75, 3.05) is 55.3 Å². The molecule has 31 heavy (non-hydrogen) atoms. The maximum Gasteiger partial charge on any atom is 0.414 e. The van der Waals surface area contributed by atoms with Crippen LogP contribution in [0.3, 0.4) is 0 Å². The summed E-state index contributed by atoms with van der Waals surface area (Å²) in [5.74, 6) is -2.08. The smallest absolute Gasteiger partial charge is 0.414 e. The molecule has 2 fully saturated rings. The molecule has 2 aliphatic rings. The molecule has 3 rings (SSSR count). The summed E-state index contributed by atoms with van der Waals surface area (Å²) in [5, 5.41) is 1.97. The highest BCUT2D eigenvalue weighted by atomic mass is 32.2. The number of alkyl halides is 2. The Kier molecular flexibility index (Phi) is 6.91. The van der Waals surface area contributed by atoms with Crippen molar-refractivity contribution in [1.29, 1.82) is 0 Å². The Bertz CT molecular complexity index is 948. The molecule has 0 saturated carbocycles. The van der Waals surface area contributed by atoms with E-state index >= 15 is 0 Å². The van der Waals surface area contributed by atoms with Crippen LogP contribution in [0.25, 0.3) is 0 Å². The van der Waals surface area contributed by atoms with Crippen LogP contribution in [0, 0.1) is 5.82 Å². The Morgan fingerprint density at radius 3 is 2.71 bits per heavy atom. The largest absolute Gasteiger partial charge is 0.442 e. The normalized spacial score (nSPS) is 20.7. The van der Waals surface area contributed by atoms with Crippen LogP contribution in [-0.2, 0) is 19.6 Å². The van der Waals surface area contributed by atoms with Gasteiger partial charge in [0, 0.05) is 26.2 Å². The Labute approximate surface area is 176 Å². The first-order chi connectivity index (χ1) is 14.6. The monoisotopic (exact) mass is 465 g/mol. The molecule has 1 atom stereocenters. The Morgan fingerprint density at radius 1 is 1.32 bits per heavy atom. The number of hydrogen-bond donors (Lipinski definition) is 2. The first-order valence-corrected chi connectivity index (χ1v) is 11.2. The number of carbonyl (C=O) groups is 2. The number of halogens is 3. The number of nitrogens with one attached hydrogen (secondary N) is 2. The van der Waals surface area contributed by atoms with Crippen LogP contribution in [-0.4, -0.2) is 82.9 Å². The second-order valence-electron chi connectivity index (χ2n) is 7.03. The minimum atomic E-state index is -3.43. The lowest BCUT2D eigenvalue weighted by Gasteiger charge is -2.24. The van der Waals surface area contributed by atoms with E-state index in [0.717, 1.165) is 21.6 Å². The van der Waals surface area contributed by atoms with Gasteiger partial charge < -0.3 is 15.0 Å². The number of ether oxygens (including phenoxy) is 1. The van der Waals surface area contributed by atoms with Gasteiger partial charge in [0.2, 0.25) is 10.0 Å². The van der Waals surface area contributed by atoms with Gasteiger partial charge in [0.25, 0.3) is 5.91 Å². The molecule has 0 aromatic heterocycles. The first kappa shape index (κ1) is 23.1. The fourth-order valence-electron chi connectivity index (χ4n) is 3.29. The molecular weight excluding hydrogens is 443 g/mol. The van der Waals surface area contributed by atoms with E-state index in [-0.39, 0.29) is 37.6 Å². The van der Waals surface area contributed by atoms with E-state index in [0.29, 0.717) is 13.1 Å². The topological polar surface area (TPSA) is 111 Å². The predicted octanol–water partition coefficient (Wildman–Crippen LogP) is 0.118. The van der Waals surface area contributed by atoms with E-state index in [2.05, 4.69) is 5.43 Å². The standard InChI is InChI=1S/C17H22F3N5O5S/c1-31(28,29)25-7-6-23(5-4-22-25)14-3-2-11(8-13(14)18)24-10-12(30-17(24)27)9-21-16(26)15(19)20/h2-3,8,12,15,22H,4-7,9-10H2,1H3,(H,21,26)/t12-/m0/s1. The zero-order chi connectivity index (χ0) is 22.8. The van der Waals surface area contributed by atoms with E-state index in [4.69, 9.17) is 4.74 Å². The van der Waals surface area contributed by atoms with Crippen molar-refractivity contribution in [2.45, 2.75) is 12.5 Å². The summed E-state index contributed by atoms with van der Waals surface area (Å²) in [6.07, 6.45) is -3.73. The molecule has 1 aromatic rings. The molecule has 2 heterocycles. The summed E-state index contributed by atoms with van der Waals surface area (Å²) in [6, 6.07) is 4.12. The fourth-order valence-corrected chi connectivity index (χ4v) is 4.03. The van der Waals surface area contributed by atoms with Crippen molar-refractivity contribution < 1.29 is 35.9 Å². The number of amides is 2. The number of anilines is 2. The highest BCUT2D eigenvalue weighted by molar-refractivity contribution is 7.88. The van der Waals surface area contributed by atoms with E-state index in [1.54, 1.807) is 4.90 Å². The van der Waals surface area contributed by atoms with Crippen molar-refractivity contribution in [3.8, 4) is 0 Å². The van der Waals surface area contributed by atoms with Gasteiger partial charge in [-0.3, -0.25) is 9.69 Å². The SMILES string of the molecule is CS(=O)(=O)N1CCN(c2ccc(N3C[C@H](CNC(=O)C(F)F)OC3=O)cc2F)CCN1. The third kappa shape index (κ3) is 5.57. The molecule has 0 aliphatic carbocycles. The van der Waals surface area contributed by atoms with Gasteiger partial charge in [-0.15, -0.1) is 4.41 Å². The molecule has 10 nitrogen and oxygen atoms in total. The van der Waals surface area contributed by atoms with Crippen LogP contribution in [0.1, 0.15) is 0 Å². The average molecular weight is 465 g/mol. The number of hydrazine groups is 1. The van der Waals surface area contributed by atoms with Gasteiger partial charge in [-0.2, -0.15) is 8.78 Å². The zero-order valence-electron chi connectivity index (χ0n) is 16.6. The molecule has 14 heteroatoms. The molecule has 0 unspecified atom stereocenters. The Hall–Kier alpha value is -2.58. The summed E-state index contributed by atoms with van der Waals surface area (Å²) in [4.78, 5) is 25.9. The molecule has 2 N–H and O–H groups in total. The second kappa shape index (κ2) is 9.28. The summed E-state index contributed by atoms with van der Waals surface area (Å²) in [5.41, 5.74) is 3.22. The number of hydrogen-bond acceptors (Lipinski definition) is 7. The molecular formula is C17H22F3N5O5S. The first-order valence-electron chi connectivity index (χ1n) is 9.36. The van der Waals surface area contributed by atoms with Crippen molar-refractivity contribution in [3.63, 3.8) is 0 Å². The maximum atomic E-state index is 14.8. The van der Waals surface area contributed by atoms with E-state index < -0.39 is 40.4 Å². The third-order valence-electron chi connectivity index (χ3n) is 4.80. The minimum absolute atomic E-state index is 0.0436. The molecule has 2 saturated heterocycles. The third-order valence-corrected chi connectivity index (χ3v) is 5.92. The van der Waals surface area contributed by atoms with E-state index in [1.807, 2.05) is 5.32 Å². The van der Waals surface area contributed by atoms with Gasteiger partial charge in [-0.25, -0.2) is 23.0 Å². The van der Waals surface area contributed by atoms with Gasteiger partial charge in [-0.05, 0) is 18.2 Å². The molecule has 0 radical (unpaired) electrons. The molecule has 2 aliphatic heterocycles. The fraction of sp³-hybridized carbons (Fsp3) is 0.529. The van der Waals surface area contributed by atoms with Gasteiger partial charge in [0.05, 0.1) is 30.7 Å². The van der Waals surface area contributed by atoms with Crippen LogP contribution in [0.2, 0.25) is 0 Å². The average Bonchev–Trinajstić information content (AvgIpc) is 2.89. The van der Waals surface area contributed by atoms with E-state index in [9.17, 15) is 31.2 Å². The Morgan fingerprint density at radius 2 is 2.06 bits per heavy atom. The second-order valence-corrected chi connectivity index (χ2v) is 8.94. The quantitative estimate of drug-likeness (QED) is 0.614. The highest BCUT2D eigenvalue weighted by Crippen LogP contribution is 2.28. The van der Waals surface area contributed by atoms with Gasteiger partial charge in [-0.1, -0.05) is 0 Å². The number of sulfonamides is 1. The Balaban J connectivity index is 1.65. The number of nitrogens with zero attached hydrogens (tertiary/aromatic N) is 3. The van der Waals surface area contributed by atoms with Crippen molar-refractivity contribution in [1.82, 2.24) is 15.2 Å². The molecule has 0 bridgehead atoms. The summed E-state index contributed by atoms with van der Waals surface area (Å²) < 4.78 is 68.8. The molecule has 0 spiro atoms. The van der Waals surface area contributed by atoms with Crippen LogP contribution >= 0.6 is 0 Å². The zero-order valence-corrected chi connectivity index (χ0v) is 17.4. The highest BCUT2D eigenvalue weighted by Gasteiger charge is 2.33. The lowest BCUT2D eigenvalue weighted by atomic mass is 10.2. The molecule has 2 amide bonds. The van der Waals surface area contributed by atoms with Gasteiger partial charge >= 0.3 is 12.5 Å². The van der Waals surface area contributed by atoms with E-state index in [1.165, 1.54) is 12.1 Å². The molecule has 172 valence electrons. The number of cyclic esters (lactones) is 1. The predicted molar refractivity (Wildman–Crippen MR) is 105 cm³/mol. The van der Waals surface area contributed by atoms with Gasteiger partial charge in [0.15, 0.2) is 0 Å². The summed E-state index contributed by atoms with van der Waals surface area (Å²) in [6.45, 7) is 0.707. The maximum absolute atomic E-state index is 14.8. The number of carbonyl (C=O) groups excluding carboxylic acids is 2. The van der Waals surface area contributed by atoms with Crippen LogP contribution in [0.5, 0.6) is 0 Å². The summed E-state index contributed by atoms with van der Waals surface area (Å²) in [7, 11) is -3.43.